The average Bonchev–Trinajstić information content (AvgIpc) is 3.18. The van der Waals surface area contributed by atoms with Crippen molar-refractivity contribution in [3.8, 4) is 11.6 Å². The lowest BCUT2D eigenvalue weighted by atomic mass is 10.0. The molecule has 0 amide bonds. The van der Waals surface area contributed by atoms with Crippen LogP contribution in [0.3, 0.4) is 0 Å². The van der Waals surface area contributed by atoms with Crippen molar-refractivity contribution in [3.05, 3.63) is 36.7 Å². The van der Waals surface area contributed by atoms with Crippen molar-refractivity contribution in [1.82, 2.24) is 24.6 Å². The van der Waals surface area contributed by atoms with Crippen LogP contribution in [-0.2, 0) is 32.9 Å². The standard InChI is InChI=1S/C27H35N6O9P/c1-7-37-23-18-22(30-26(28)31-23)33(13-29-18)24-21(39-16(5)34)27(6)19(40-24)20(27)42-43(36,41-17-11-9-8-10-12-17)32-15(4)25(35)38-14(2)3/h8-15,19-21,24H,7H2,1-6H3,(H,32,36)(H2,28,30,31)/t15-,19-,20?,21+,24-,27-,43?/m1/s1. The van der Waals surface area contributed by atoms with Crippen molar-refractivity contribution in [1.29, 1.82) is 0 Å². The molecule has 7 atom stereocenters. The number of rotatable bonds is 12. The fourth-order valence-corrected chi connectivity index (χ4v) is 6.84. The molecule has 3 N–H and O–H groups in total. The van der Waals surface area contributed by atoms with Crippen molar-refractivity contribution in [2.24, 2.45) is 5.41 Å². The van der Waals surface area contributed by atoms with Gasteiger partial charge in [-0.15, -0.1) is 0 Å². The molecular weight excluding hydrogens is 583 g/mol. The minimum atomic E-state index is -4.23. The highest BCUT2D eigenvalue weighted by atomic mass is 31.2. The number of benzene rings is 1. The van der Waals surface area contributed by atoms with E-state index in [1.165, 1.54) is 20.2 Å². The van der Waals surface area contributed by atoms with Crippen LogP contribution in [0.1, 0.15) is 47.8 Å². The first kappa shape index (κ1) is 30.7. The van der Waals surface area contributed by atoms with Crippen molar-refractivity contribution < 1.29 is 42.1 Å². The van der Waals surface area contributed by atoms with Crippen LogP contribution in [0, 0.1) is 5.41 Å². The number of nitrogen functional groups attached to an aromatic ring is 1. The van der Waals surface area contributed by atoms with E-state index in [0.717, 1.165) is 0 Å². The van der Waals surface area contributed by atoms with Gasteiger partial charge in [0.15, 0.2) is 23.5 Å². The second-order valence-electron chi connectivity index (χ2n) is 10.8. The molecule has 0 bridgehead atoms. The molecule has 5 rings (SSSR count). The predicted octanol–water partition coefficient (Wildman–Crippen LogP) is 3.16. The lowest BCUT2D eigenvalue weighted by Crippen LogP contribution is -2.38. The molecule has 1 saturated heterocycles. The fourth-order valence-electron chi connectivity index (χ4n) is 5.07. The van der Waals surface area contributed by atoms with E-state index in [0.29, 0.717) is 17.8 Å². The summed E-state index contributed by atoms with van der Waals surface area (Å²) in [5, 5.41) is 2.68. The van der Waals surface area contributed by atoms with E-state index >= 15 is 0 Å². The monoisotopic (exact) mass is 618 g/mol. The first-order valence-corrected chi connectivity index (χ1v) is 15.4. The summed E-state index contributed by atoms with van der Waals surface area (Å²) in [7, 11) is -4.23. The Hall–Kier alpha value is -3.78. The quantitative estimate of drug-likeness (QED) is 0.222. The first-order valence-electron chi connectivity index (χ1n) is 13.8. The molecule has 16 heteroatoms. The van der Waals surface area contributed by atoms with Gasteiger partial charge in [0.2, 0.25) is 11.8 Å². The molecular formula is C27H35N6O9P. The molecule has 1 saturated carbocycles. The second-order valence-corrected chi connectivity index (χ2v) is 12.4. The van der Waals surface area contributed by atoms with Gasteiger partial charge in [0.1, 0.15) is 17.9 Å². The van der Waals surface area contributed by atoms with Gasteiger partial charge < -0.3 is 29.2 Å². The minimum absolute atomic E-state index is 0.0347. The minimum Gasteiger partial charge on any atom is -0.476 e. The Bertz CT molecular complexity index is 1550. The number of nitrogens with two attached hydrogens (primary N) is 1. The maximum absolute atomic E-state index is 14.2. The zero-order chi connectivity index (χ0) is 31.1. The number of esters is 2. The molecule has 1 aliphatic carbocycles. The fraction of sp³-hybridized carbons (Fsp3) is 0.519. The molecule has 43 heavy (non-hydrogen) atoms. The summed E-state index contributed by atoms with van der Waals surface area (Å²) in [5.41, 5.74) is 5.63. The Morgan fingerprint density at radius 2 is 1.91 bits per heavy atom. The van der Waals surface area contributed by atoms with Gasteiger partial charge in [0, 0.05) is 6.92 Å². The van der Waals surface area contributed by atoms with Crippen LogP contribution in [0.4, 0.5) is 5.95 Å². The summed E-state index contributed by atoms with van der Waals surface area (Å²) in [6.07, 6.45) is -2.24. The third-order valence-electron chi connectivity index (χ3n) is 7.08. The van der Waals surface area contributed by atoms with Crippen molar-refractivity contribution >= 4 is 36.8 Å². The average molecular weight is 619 g/mol. The zero-order valence-electron chi connectivity index (χ0n) is 24.6. The van der Waals surface area contributed by atoms with Gasteiger partial charge in [-0.25, -0.2) is 9.55 Å². The lowest BCUT2D eigenvalue weighted by Gasteiger charge is -2.29. The Balaban J connectivity index is 1.43. The molecule has 0 radical (unpaired) electrons. The van der Waals surface area contributed by atoms with Crippen molar-refractivity contribution in [2.45, 2.75) is 78.2 Å². The highest BCUT2D eigenvalue weighted by Crippen LogP contribution is 2.67. The van der Waals surface area contributed by atoms with E-state index in [9.17, 15) is 14.2 Å². The Kier molecular flexibility index (Phi) is 8.36. The number of carbonyl (C=O) groups is 2. The largest absolute Gasteiger partial charge is 0.476 e. The Morgan fingerprint density at radius 3 is 2.56 bits per heavy atom. The number of aromatic nitrogens is 4. The smallest absolute Gasteiger partial charge is 0.459 e. The number of para-hydroxylation sites is 1. The van der Waals surface area contributed by atoms with Crippen LogP contribution in [-0.4, -0.2) is 68.5 Å². The van der Waals surface area contributed by atoms with Crippen LogP contribution in [0.2, 0.25) is 0 Å². The lowest BCUT2D eigenvalue weighted by molar-refractivity contribution is -0.160. The molecule has 2 aromatic heterocycles. The normalized spacial score (nSPS) is 26.4. The summed E-state index contributed by atoms with van der Waals surface area (Å²) in [5.74, 6) is -0.773. The van der Waals surface area contributed by atoms with Gasteiger partial charge in [-0.2, -0.15) is 15.1 Å². The van der Waals surface area contributed by atoms with Crippen LogP contribution >= 0.6 is 7.75 Å². The van der Waals surface area contributed by atoms with Crippen LogP contribution in [0.25, 0.3) is 11.2 Å². The number of hydrogen-bond acceptors (Lipinski definition) is 13. The second kappa shape index (κ2) is 11.7. The van der Waals surface area contributed by atoms with E-state index in [-0.39, 0.29) is 23.7 Å². The highest BCUT2D eigenvalue weighted by Gasteiger charge is 2.78. The summed E-state index contributed by atoms with van der Waals surface area (Å²) in [6.45, 7) is 10.1. The van der Waals surface area contributed by atoms with Crippen LogP contribution in [0.5, 0.6) is 11.6 Å². The van der Waals surface area contributed by atoms with Crippen molar-refractivity contribution in [2.75, 3.05) is 12.3 Å². The summed E-state index contributed by atoms with van der Waals surface area (Å²) >= 11 is 0. The molecule has 2 unspecified atom stereocenters. The van der Waals surface area contributed by atoms with E-state index in [2.05, 4.69) is 20.0 Å². The number of anilines is 1. The summed E-state index contributed by atoms with van der Waals surface area (Å²) in [4.78, 5) is 37.6. The van der Waals surface area contributed by atoms with Gasteiger partial charge >= 0.3 is 19.7 Å². The van der Waals surface area contributed by atoms with Gasteiger partial charge in [-0.05, 0) is 39.8 Å². The number of hydrogen-bond donors (Lipinski definition) is 2. The third-order valence-corrected chi connectivity index (χ3v) is 8.74. The summed E-state index contributed by atoms with van der Waals surface area (Å²) < 4.78 is 50.6. The van der Waals surface area contributed by atoms with E-state index in [1.54, 1.807) is 62.6 Å². The number of fused-ring (bicyclic) bond motifs is 2. The Labute approximate surface area is 247 Å². The van der Waals surface area contributed by atoms with Gasteiger partial charge in [-0.3, -0.25) is 18.7 Å². The van der Waals surface area contributed by atoms with Crippen LogP contribution < -0.4 is 20.1 Å². The molecule has 15 nitrogen and oxygen atoms in total. The molecule has 3 heterocycles. The van der Waals surface area contributed by atoms with Crippen molar-refractivity contribution in [3.63, 3.8) is 0 Å². The number of carbonyl (C=O) groups excluding carboxylic acids is 2. The van der Waals surface area contributed by atoms with Gasteiger partial charge in [-0.1, -0.05) is 25.1 Å². The summed E-state index contributed by atoms with van der Waals surface area (Å²) in [6, 6.07) is 7.35. The Morgan fingerprint density at radius 1 is 1.19 bits per heavy atom. The molecule has 2 aliphatic rings. The molecule has 2 fully saturated rings. The van der Waals surface area contributed by atoms with Gasteiger partial charge in [0.25, 0.3) is 0 Å². The number of ether oxygens (including phenoxy) is 4. The molecule has 0 spiro atoms. The van der Waals surface area contributed by atoms with E-state index in [4.69, 9.17) is 33.7 Å². The zero-order valence-corrected chi connectivity index (χ0v) is 25.5. The maximum Gasteiger partial charge on any atom is 0.459 e. The molecule has 3 aromatic rings. The topological polar surface area (TPSA) is 188 Å². The number of imidazole rings is 1. The molecule has 232 valence electrons. The molecule has 1 aliphatic heterocycles. The van der Waals surface area contributed by atoms with E-state index in [1.807, 2.05) is 0 Å². The number of nitrogens with zero attached hydrogens (tertiary/aromatic N) is 4. The third kappa shape index (κ3) is 6.03. The van der Waals surface area contributed by atoms with Gasteiger partial charge in [0.05, 0.1) is 30.6 Å². The highest BCUT2D eigenvalue weighted by molar-refractivity contribution is 7.52. The first-order chi connectivity index (χ1) is 20.4. The van der Waals surface area contributed by atoms with E-state index < -0.39 is 55.7 Å². The number of nitrogens with one attached hydrogen (secondary N) is 1. The SMILES string of the molecule is CCOc1nc(N)nc2c1ncn2[C@@H]1O[C@@H]2C(OP(=O)(N[C@H](C)C(=O)OC(C)C)Oc3ccccc3)[C@]2(C)[C@H]1OC(C)=O. The van der Waals surface area contributed by atoms with Crippen LogP contribution in [0.15, 0.2) is 36.7 Å². The molecule has 1 aromatic carbocycles. The predicted molar refractivity (Wildman–Crippen MR) is 152 cm³/mol. The maximum atomic E-state index is 14.2.